The third kappa shape index (κ3) is 8.90. The molecule has 1 aromatic rings. The van der Waals surface area contributed by atoms with Crippen molar-refractivity contribution < 1.29 is 19.1 Å². The molecule has 4 nitrogen and oxygen atoms in total. The first-order valence-electron chi connectivity index (χ1n) is 11.0. The van der Waals surface area contributed by atoms with Gasteiger partial charge in [0.1, 0.15) is 0 Å². The molecule has 0 spiro atoms. The lowest BCUT2D eigenvalue weighted by molar-refractivity contribution is 0.0426. The zero-order chi connectivity index (χ0) is 20.8. The fourth-order valence-corrected chi connectivity index (χ4v) is 3.12. The number of esters is 2. The van der Waals surface area contributed by atoms with Crippen LogP contribution in [0.5, 0.6) is 0 Å². The molecular weight excluding hydrogens is 352 g/mol. The van der Waals surface area contributed by atoms with Gasteiger partial charge in [0, 0.05) is 0 Å². The SMILES string of the molecule is CCCCC(CC)COC(=O)c1cccc(C(=O)OC[C@H](CC)CCCC)c1. The predicted molar refractivity (Wildman–Crippen MR) is 114 cm³/mol. The van der Waals surface area contributed by atoms with Crippen LogP contribution >= 0.6 is 0 Å². The smallest absolute Gasteiger partial charge is 0.338 e. The Morgan fingerprint density at radius 1 is 0.786 bits per heavy atom. The molecule has 0 fully saturated rings. The van der Waals surface area contributed by atoms with Crippen LogP contribution in [-0.4, -0.2) is 25.2 Å². The Labute approximate surface area is 171 Å². The number of ether oxygens (including phenoxy) is 2. The van der Waals surface area contributed by atoms with E-state index in [4.69, 9.17) is 9.47 Å². The number of carbonyl (C=O) groups excluding carboxylic acids is 2. The third-order valence-corrected chi connectivity index (χ3v) is 5.32. The van der Waals surface area contributed by atoms with Crippen LogP contribution in [-0.2, 0) is 9.47 Å². The lowest BCUT2D eigenvalue weighted by atomic mass is 10.0. The normalized spacial score (nSPS) is 13.0. The van der Waals surface area contributed by atoms with Gasteiger partial charge >= 0.3 is 11.9 Å². The summed E-state index contributed by atoms with van der Waals surface area (Å²) in [6.45, 7) is 9.43. The third-order valence-electron chi connectivity index (χ3n) is 5.32. The summed E-state index contributed by atoms with van der Waals surface area (Å²) in [4.78, 5) is 24.7. The summed E-state index contributed by atoms with van der Waals surface area (Å²) in [7, 11) is 0. The molecule has 0 aliphatic rings. The van der Waals surface area contributed by atoms with E-state index in [1.54, 1.807) is 24.3 Å². The van der Waals surface area contributed by atoms with Gasteiger partial charge in [0.2, 0.25) is 0 Å². The maximum Gasteiger partial charge on any atom is 0.338 e. The molecule has 0 bridgehead atoms. The van der Waals surface area contributed by atoms with Gasteiger partial charge in [-0.2, -0.15) is 0 Å². The fourth-order valence-electron chi connectivity index (χ4n) is 3.12. The lowest BCUT2D eigenvalue weighted by Gasteiger charge is -2.15. The average molecular weight is 391 g/mol. The zero-order valence-corrected chi connectivity index (χ0v) is 18.2. The van der Waals surface area contributed by atoms with Gasteiger partial charge in [0.05, 0.1) is 24.3 Å². The van der Waals surface area contributed by atoms with Crippen molar-refractivity contribution in [3.05, 3.63) is 35.4 Å². The summed E-state index contributed by atoms with van der Waals surface area (Å²) in [6.07, 6.45) is 8.72. The maximum absolute atomic E-state index is 12.4. The number of hydrogen-bond donors (Lipinski definition) is 0. The summed E-state index contributed by atoms with van der Waals surface area (Å²) < 4.78 is 11.0. The minimum absolute atomic E-state index is 0.376. The number of benzene rings is 1. The highest BCUT2D eigenvalue weighted by molar-refractivity contribution is 5.95. The molecule has 0 saturated heterocycles. The van der Waals surface area contributed by atoms with Crippen molar-refractivity contribution in [1.29, 1.82) is 0 Å². The standard InChI is InChI=1S/C24H38O4/c1-5-9-12-19(7-3)17-27-23(25)21-14-11-15-22(16-21)24(26)28-18-20(8-4)13-10-6-2/h11,14-16,19-20H,5-10,12-13,17-18H2,1-4H3/t19-,20?/m1/s1. The largest absolute Gasteiger partial charge is 0.462 e. The first-order valence-corrected chi connectivity index (χ1v) is 11.0. The minimum Gasteiger partial charge on any atom is -0.462 e. The molecule has 0 heterocycles. The summed E-state index contributed by atoms with van der Waals surface area (Å²) in [5.74, 6) is 0.0373. The van der Waals surface area contributed by atoms with E-state index in [0.717, 1.165) is 51.4 Å². The van der Waals surface area contributed by atoms with Crippen LogP contribution in [0.3, 0.4) is 0 Å². The van der Waals surface area contributed by atoms with Crippen molar-refractivity contribution >= 4 is 11.9 Å². The van der Waals surface area contributed by atoms with Crippen LogP contribution in [0.2, 0.25) is 0 Å². The Hall–Kier alpha value is -1.84. The van der Waals surface area contributed by atoms with Gasteiger partial charge in [-0.15, -0.1) is 0 Å². The number of hydrogen-bond acceptors (Lipinski definition) is 4. The van der Waals surface area contributed by atoms with Crippen molar-refractivity contribution in [2.75, 3.05) is 13.2 Å². The second-order valence-electron chi connectivity index (χ2n) is 7.61. The Balaban J connectivity index is 2.59. The summed E-state index contributed by atoms with van der Waals surface area (Å²) in [5, 5.41) is 0. The number of unbranched alkanes of at least 4 members (excludes halogenated alkanes) is 2. The average Bonchev–Trinajstić information content (AvgIpc) is 2.73. The first kappa shape index (κ1) is 24.2. The van der Waals surface area contributed by atoms with Gasteiger partial charge in [-0.25, -0.2) is 9.59 Å². The Bertz CT molecular complexity index is 534. The van der Waals surface area contributed by atoms with Gasteiger partial charge in [-0.3, -0.25) is 0 Å². The van der Waals surface area contributed by atoms with Crippen molar-refractivity contribution in [2.24, 2.45) is 11.8 Å². The van der Waals surface area contributed by atoms with Crippen LogP contribution in [0, 0.1) is 11.8 Å². The summed E-state index contributed by atoms with van der Waals surface area (Å²) in [6, 6.07) is 6.64. The van der Waals surface area contributed by atoms with Crippen molar-refractivity contribution in [1.82, 2.24) is 0 Å². The van der Waals surface area contributed by atoms with Gasteiger partial charge < -0.3 is 9.47 Å². The quantitative estimate of drug-likeness (QED) is 0.343. The van der Waals surface area contributed by atoms with Crippen LogP contribution in [0.15, 0.2) is 24.3 Å². The predicted octanol–water partition coefficient (Wildman–Crippen LogP) is 6.43. The highest BCUT2D eigenvalue weighted by atomic mass is 16.5. The van der Waals surface area contributed by atoms with E-state index >= 15 is 0 Å². The molecule has 1 aromatic carbocycles. The highest BCUT2D eigenvalue weighted by Gasteiger charge is 2.16. The molecule has 0 aliphatic carbocycles. The van der Waals surface area contributed by atoms with Crippen LogP contribution < -0.4 is 0 Å². The van der Waals surface area contributed by atoms with Gasteiger partial charge in [-0.1, -0.05) is 72.3 Å². The molecule has 0 aromatic heterocycles. The van der Waals surface area contributed by atoms with Crippen LogP contribution in [0.4, 0.5) is 0 Å². The Morgan fingerprint density at radius 2 is 1.21 bits per heavy atom. The molecule has 2 atom stereocenters. The van der Waals surface area contributed by atoms with Gasteiger partial charge in [0.25, 0.3) is 0 Å². The highest BCUT2D eigenvalue weighted by Crippen LogP contribution is 2.16. The van der Waals surface area contributed by atoms with E-state index in [1.165, 1.54) is 0 Å². The van der Waals surface area contributed by atoms with Crippen LogP contribution in [0.1, 0.15) is 99.8 Å². The van der Waals surface area contributed by atoms with E-state index in [0.29, 0.717) is 36.2 Å². The topological polar surface area (TPSA) is 52.6 Å². The Kier molecular flexibility index (Phi) is 12.3. The molecule has 4 heteroatoms. The second-order valence-corrected chi connectivity index (χ2v) is 7.61. The molecule has 1 unspecified atom stereocenters. The molecule has 0 aliphatic heterocycles. The van der Waals surface area contributed by atoms with Crippen molar-refractivity contribution in [2.45, 2.75) is 79.1 Å². The lowest BCUT2D eigenvalue weighted by Crippen LogP contribution is -2.16. The monoisotopic (exact) mass is 390 g/mol. The number of carbonyl (C=O) groups is 2. The van der Waals surface area contributed by atoms with Gasteiger partial charge in [-0.05, 0) is 42.9 Å². The molecule has 158 valence electrons. The molecular formula is C24H38O4. The van der Waals surface area contributed by atoms with Crippen molar-refractivity contribution in [3.63, 3.8) is 0 Å². The van der Waals surface area contributed by atoms with E-state index in [2.05, 4.69) is 27.7 Å². The second kappa shape index (κ2) is 14.2. The Morgan fingerprint density at radius 3 is 1.57 bits per heavy atom. The molecule has 0 radical (unpaired) electrons. The van der Waals surface area contributed by atoms with Crippen molar-refractivity contribution in [3.8, 4) is 0 Å². The fraction of sp³-hybridized carbons (Fsp3) is 0.667. The maximum atomic E-state index is 12.4. The summed E-state index contributed by atoms with van der Waals surface area (Å²) >= 11 is 0. The van der Waals surface area contributed by atoms with E-state index in [9.17, 15) is 9.59 Å². The molecule has 28 heavy (non-hydrogen) atoms. The van der Waals surface area contributed by atoms with E-state index in [1.807, 2.05) is 0 Å². The molecule has 0 N–H and O–H groups in total. The first-order chi connectivity index (χ1) is 13.5. The van der Waals surface area contributed by atoms with Crippen LogP contribution in [0.25, 0.3) is 0 Å². The summed E-state index contributed by atoms with van der Waals surface area (Å²) in [5.41, 5.74) is 0.802. The van der Waals surface area contributed by atoms with E-state index < -0.39 is 0 Å². The number of rotatable bonds is 14. The molecule has 1 rings (SSSR count). The molecule has 0 amide bonds. The minimum atomic E-state index is -0.376. The zero-order valence-electron chi connectivity index (χ0n) is 18.2. The molecule has 0 saturated carbocycles. The van der Waals surface area contributed by atoms with E-state index in [-0.39, 0.29) is 11.9 Å². The van der Waals surface area contributed by atoms with Gasteiger partial charge in [0.15, 0.2) is 0 Å².